The van der Waals surface area contributed by atoms with Crippen LogP contribution >= 0.6 is 0 Å². The molecule has 0 aliphatic carbocycles. The van der Waals surface area contributed by atoms with Crippen LogP contribution in [0.2, 0.25) is 0 Å². The molecule has 0 radical (unpaired) electrons. The number of amides is 4. The van der Waals surface area contributed by atoms with Crippen molar-refractivity contribution in [2.24, 2.45) is 23.7 Å². The molecule has 0 spiro atoms. The monoisotopic (exact) mass is 573 g/mol. The summed E-state index contributed by atoms with van der Waals surface area (Å²) >= 11 is 0. The van der Waals surface area contributed by atoms with Gasteiger partial charge < -0.3 is 25.3 Å². The third kappa shape index (κ3) is 9.55. The standard InChI is InChI=1S/C32H55N5O4/c1-20(2)25(33-9)30(39)36(11)27(22(5)6)32(41)37(12)28(23(7)8)31(40)35(10)26(21(3)4)29(38)34-19-18-24-16-14-13-15-17-24/h13-17,20-23,25-28,33H,18-19H2,1-12H3,(H,34,38)/t25-,26-,27-,28-/m0/s1. The van der Waals surface area contributed by atoms with E-state index in [2.05, 4.69) is 10.6 Å². The van der Waals surface area contributed by atoms with E-state index in [-0.39, 0.29) is 47.3 Å². The SMILES string of the molecule is CN[C@H](C(=O)N(C)[C@H](C(=O)N(C)[C@H](C(=O)N(C)[C@H](C(=O)NCCc1ccccc1)C(C)C)C(C)C)C(C)C)C(C)C. The summed E-state index contributed by atoms with van der Waals surface area (Å²) in [4.78, 5) is 59.0. The fraction of sp³-hybridized carbons (Fsp3) is 0.688. The number of hydrogen-bond donors (Lipinski definition) is 2. The number of rotatable bonds is 15. The van der Waals surface area contributed by atoms with Crippen LogP contribution in [0.4, 0.5) is 0 Å². The Morgan fingerprint density at radius 1 is 0.634 bits per heavy atom. The van der Waals surface area contributed by atoms with Gasteiger partial charge in [-0.15, -0.1) is 0 Å². The van der Waals surface area contributed by atoms with Crippen molar-refractivity contribution in [3.8, 4) is 0 Å². The Hall–Kier alpha value is -2.94. The lowest BCUT2D eigenvalue weighted by Gasteiger charge is -2.41. The van der Waals surface area contributed by atoms with Crippen LogP contribution in [0.25, 0.3) is 0 Å². The van der Waals surface area contributed by atoms with E-state index in [1.54, 1.807) is 28.2 Å². The van der Waals surface area contributed by atoms with Gasteiger partial charge in [0, 0.05) is 27.7 Å². The minimum atomic E-state index is -0.805. The van der Waals surface area contributed by atoms with E-state index in [4.69, 9.17) is 0 Å². The maximum atomic E-state index is 14.0. The van der Waals surface area contributed by atoms with E-state index < -0.39 is 24.2 Å². The van der Waals surface area contributed by atoms with Gasteiger partial charge >= 0.3 is 0 Å². The van der Waals surface area contributed by atoms with Crippen LogP contribution in [0, 0.1) is 23.7 Å². The van der Waals surface area contributed by atoms with Crippen molar-refractivity contribution in [2.45, 2.75) is 86.0 Å². The van der Waals surface area contributed by atoms with Crippen molar-refractivity contribution in [2.75, 3.05) is 34.7 Å². The second-order valence-corrected chi connectivity index (χ2v) is 12.5. The molecule has 0 heterocycles. The number of benzene rings is 1. The Morgan fingerprint density at radius 2 is 1.05 bits per heavy atom. The smallest absolute Gasteiger partial charge is 0.246 e. The first-order valence-electron chi connectivity index (χ1n) is 14.9. The number of carbonyl (C=O) groups excluding carboxylic acids is 4. The highest BCUT2D eigenvalue weighted by atomic mass is 16.2. The Labute approximate surface area is 248 Å². The summed E-state index contributed by atoms with van der Waals surface area (Å²) in [6.45, 7) is 15.8. The molecular weight excluding hydrogens is 518 g/mol. The topological polar surface area (TPSA) is 102 Å². The molecule has 0 saturated carbocycles. The van der Waals surface area contributed by atoms with E-state index in [0.29, 0.717) is 13.0 Å². The van der Waals surface area contributed by atoms with Gasteiger partial charge in [-0.25, -0.2) is 0 Å². The molecule has 0 saturated heterocycles. The van der Waals surface area contributed by atoms with Crippen molar-refractivity contribution in [3.05, 3.63) is 35.9 Å². The lowest BCUT2D eigenvalue weighted by molar-refractivity contribution is -0.155. The molecule has 0 aliphatic rings. The van der Waals surface area contributed by atoms with Crippen LogP contribution in [0.5, 0.6) is 0 Å². The Balaban J connectivity index is 3.17. The van der Waals surface area contributed by atoms with Crippen LogP contribution < -0.4 is 10.6 Å². The second-order valence-electron chi connectivity index (χ2n) is 12.5. The maximum Gasteiger partial charge on any atom is 0.246 e. The van der Waals surface area contributed by atoms with Crippen LogP contribution in [-0.2, 0) is 25.6 Å². The first kappa shape index (κ1) is 36.1. The van der Waals surface area contributed by atoms with Gasteiger partial charge in [-0.1, -0.05) is 85.7 Å². The second kappa shape index (κ2) is 16.5. The number of carbonyl (C=O) groups is 4. The summed E-state index contributed by atoms with van der Waals surface area (Å²) < 4.78 is 0. The summed E-state index contributed by atoms with van der Waals surface area (Å²) in [6, 6.07) is 7.23. The fourth-order valence-electron chi connectivity index (χ4n) is 5.59. The van der Waals surface area contributed by atoms with E-state index in [9.17, 15) is 19.2 Å². The number of hydrogen-bond acceptors (Lipinski definition) is 5. The molecule has 0 aromatic heterocycles. The van der Waals surface area contributed by atoms with Crippen molar-refractivity contribution < 1.29 is 19.2 Å². The average molecular weight is 574 g/mol. The van der Waals surface area contributed by atoms with Crippen molar-refractivity contribution in [1.29, 1.82) is 0 Å². The van der Waals surface area contributed by atoms with Crippen molar-refractivity contribution in [3.63, 3.8) is 0 Å². The normalized spacial score (nSPS) is 14.5. The lowest BCUT2D eigenvalue weighted by Crippen LogP contribution is -2.61. The van der Waals surface area contributed by atoms with Gasteiger partial charge in [-0.3, -0.25) is 19.2 Å². The Kier molecular flexibility index (Phi) is 14.5. The first-order valence-corrected chi connectivity index (χ1v) is 14.9. The predicted octanol–water partition coefficient (Wildman–Crippen LogP) is 3.04. The summed E-state index contributed by atoms with van der Waals surface area (Å²) in [6.07, 6.45) is 0.689. The Morgan fingerprint density at radius 3 is 1.44 bits per heavy atom. The zero-order chi connectivity index (χ0) is 31.6. The first-order chi connectivity index (χ1) is 19.1. The molecule has 9 heteroatoms. The van der Waals surface area contributed by atoms with E-state index in [0.717, 1.165) is 5.56 Å². The molecule has 4 atom stereocenters. The molecule has 232 valence electrons. The highest BCUT2D eigenvalue weighted by Crippen LogP contribution is 2.22. The molecule has 0 aliphatic heterocycles. The largest absolute Gasteiger partial charge is 0.354 e. The van der Waals surface area contributed by atoms with Crippen molar-refractivity contribution >= 4 is 23.6 Å². The molecule has 0 bridgehead atoms. The van der Waals surface area contributed by atoms with Crippen LogP contribution in [0.15, 0.2) is 30.3 Å². The summed E-state index contributed by atoms with van der Waals surface area (Å²) in [5.74, 6) is -1.49. The zero-order valence-corrected chi connectivity index (χ0v) is 27.4. The number of likely N-dealkylation sites (N-methyl/N-ethyl adjacent to an activating group) is 4. The van der Waals surface area contributed by atoms with Crippen LogP contribution in [0.3, 0.4) is 0 Å². The lowest BCUT2D eigenvalue weighted by atomic mass is 9.94. The van der Waals surface area contributed by atoms with Gasteiger partial charge in [-0.05, 0) is 42.7 Å². The third-order valence-electron chi connectivity index (χ3n) is 7.76. The third-order valence-corrected chi connectivity index (χ3v) is 7.76. The highest BCUT2D eigenvalue weighted by molar-refractivity contribution is 5.95. The van der Waals surface area contributed by atoms with Gasteiger partial charge in [-0.2, -0.15) is 0 Å². The quantitative estimate of drug-likeness (QED) is 0.336. The number of nitrogens with one attached hydrogen (secondary N) is 2. The maximum absolute atomic E-state index is 14.0. The molecule has 0 fully saturated rings. The van der Waals surface area contributed by atoms with Gasteiger partial charge in [0.1, 0.15) is 18.1 Å². The van der Waals surface area contributed by atoms with Gasteiger partial charge in [0.05, 0.1) is 6.04 Å². The van der Waals surface area contributed by atoms with E-state index in [1.165, 1.54) is 14.7 Å². The van der Waals surface area contributed by atoms with Gasteiger partial charge in [0.15, 0.2) is 0 Å². The molecule has 4 amide bonds. The van der Waals surface area contributed by atoms with E-state index in [1.807, 2.05) is 85.7 Å². The van der Waals surface area contributed by atoms with Crippen LogP contribution in [0.1, 0.15) is 61.0 Å². The molecule has 1 rings (SSSR count). The van der Waals surface area contributed by atoms with Gasteiger partial charge in [0.25, 0.3) is 0 Å². The molecule has 2 N–H and O–H groups in total. The molecule has 0 unspecified atom stereocenters. The van der Waals surface area contributed by atoms with Crippen molar-refractivity contribution in [1.82, 2.24) is 25.3 Å². The molecule has 1 aromatic rings. The summed E-state index contributed by atoms with van der Waals surface area (Å²) in [5, 5.41) is 6.05. The average Bonchev–Trinajstić information content (AvgIpc) is 2.88. The zero-order valence-electron chi connectivity index (χ0n) is 27.4. The fourth-order valence-corrected chi connectivity index (χ4v) is 5.59. The molecular formula is C32H55N5O4. The van der Waals surface area contributed by atoms with Crippen LogP contribution in [-0.4, -0.2) is 97.2 Å². The molecule has 1 aromatic carbocycles. The summed E-state index contributed by atoms with van der Waals surface area (Å²) in [7, 11) is 6.64. The molecule has 9 nitrogen and oxygen atoms in total. The minimum absolute atomic E-state index is 0.0426. The van der Waals surface area contributed by atoms with E-state index >= 15 is 0 Å². The number of nitrogens with zero attached hydrogens (tertiary/aromatic N) is 3. The highest BCUT2D eigenvalue weighted by Gasteiger charge is 2.42. The van der Waals surface area contributed by atoms with Gasteiger partial charge in [0.2, 0.25) is 23.6 Å². The minimum Gasteiger partial charge on any atom is -0.354 e. The Bertz CT molecular complexity index is 995. The molecule has 41 heavy (non-hydrogen) atoms. The predicted molar refractivity (Wildman–Crippen MR) is 165 cm³/mol. The summed E-state index contributed by atoms with van der Waals surface area (Å²) in [5.41, 5.74) is 1.12.